The summed E-state index contributed by atoms with van der Waals surface area (Å²) in [5.74, 6) is 0.251. The normalized spacial score (nSPS) is 11.2. The molecule has 1 aromatic rings. The van der Waals surface area contributed by atoms with E-state index >= 15 is 0 Å². The van der Waals surface area contributed by atoms with E-state index in [0.717, 1.165) is 10.0 Å². The van der Waals surface area contributed by atoms with Crippen molar-refractivity contribution in [2.75, 3.05) is 13.1 Å². The highest BCUT2D eigenvalue weighted by Crippen LogP contribution is 2.21. The minimum Gasteiger partial charge on any atom is -0.508 e. The second-order valence-corrected chi connectivity index (χ2v) is 6.29. The van der Waals surface area contributed by atoms with E-state index in [1.807, 2.05) is 26.8 Å². The fraction of sp³-hybridized carbons (Fsp3) is 0.500. The standard InChI is InChI=1S/C14H21BrN2O3/c1-14(2,3)20-13(19)17-7-6-16-9-10-8-11(15)4-5-12(10)18/h4-5,8,16,18H,6-7,9H2,1-3H3,(H,17,19). The Morgan fingerprint density at radius 3 is 2.70 bits per heavy atom. The largest absolute Gasteiger partial charge is 0.508 e. The summed E-state index contributed by atoms with van der Waals surface area (Å²) in [4.78, 5) is 11.4. The third kappa shape index (κ3) is 6.77. The van der Waals surface area contributed by atoms with Crippen molar-refractivity contribution in [1.82, 2.24) is 10.6 Å². The van der Waals surface area contributed by atoms with Crippen LogP contribution in [0.15, 0.2) is 22.7 Å². The first kappa shape index (κ1) is 16.8. The zero-order valence-electron chi connectivity index (χ0n) is 12.0. The summed E-state index contributed by atoms with van der Waals surface area (Å²) >= 11 is 3.35. The third-order valence-electron chi connectivity index (χ3n) is 2.33. The van der Waals surface area contributed by atoms with E-state index in [2.05, 4.69) is 26.6 Å². The zero-order chi connectivity index (χ0) is 15.2. The van der Waals surface area contributed by atoms with E-state index in [-0.39, 0.29) is 5.75 Å². The third-order valence-corrected chi connectivity index (χ3v) is 2.82. The van der Waals surface area contributed by atoms with E-state index in [9.17, 15) is 9.90 Å². The van der Waals surface area contributed by atoms with Gasteiger partial charge >= 0.3 is 6.09 Å². The van der Waals surface area contributed by atoms with Crippen LogP contribution in [0, 0.1) is 0 Å². The highest BCUT2D eigenvalue weighted by Gasteiger charge is 2.15. The van der Waals surface area contributed by atoms with Crippen molar-refractivity contribution in [3.63, 3.8) is 0 Å². The molecule has 0 fully saturated rings. The molecule has 0 saturated carbocycles. The van der Waals surface area contributed by atoms with Crippen LogP contribution in [0.5, 0.6) is 5.75 Å². The van der Waals surface area contributed by atoms with Crippen LogP contribution in [0.3, 0.4) is 0 Å². The lowest BCUT2D eigenvalue weighted by atomic mass is 10.2. The molecule has 0 bridgehead atoms. The predicted molar refractivity (Wildman–Crippen MR) is 81.8 cm³/mol. The molecule has 0 spiro atoms. The average Bonchev–Trinajstić information content (AvgIpc) is 2.30. The molecule has 1 rings (SSSR count). The molecule has 0 aliphatic rings. The quantitative estimate of drug-likeness (QED) is 0.718. The molecule has 0 atom stereocenters. The van der Waals surface area contributed by atoms with Crippen LogP contribution in [-0.2, 0) is 11.3 Å². The van der Waals surface area contributed by atoms with Crippen LogP contribution in [0.1, 0.15) is 26.3 Å². The molecule has 20 heavy (non-hydrogen) atoms. The molecule has 0 radical (unpaired) electrons. The number of nitrogens with one attached hydrogen (secondary N) is 2. The van der Waals surface area contributed by atoms with Crippen molar-refractivity contribution >= 4 is 22.0 Å². The SMILES string of the molecule is CC(C)(C)OC(=O)NCCNCc1cc(Br)ccc1O. The fourth-order valence-corrected chi connectivity index (χ4v) is 1.89. The monoisotopic (exact) mass is 344 g/mol. The topological polar surface area (TPSA) is 70.6 Å². The van der Waals surface area contributed by atoms with Gasteiger partial charge in [-0.15, -0.1) is 0 Å². The van der Waals surface area contributed by atoms with Gasteiger partial charge < -0.3 is 20.5 Å². The number of halogens is 1. The van der Waals surface area contributed by atoms with E-state index in [1.165, 1.54) is 0 Å². The Morgan fingerprint density at radius 1 is 1.35 bits per heavy atom. The maximum Gasteiger partial charge on any atom is 0.407 e. The van der Waals surface area contributed by atoms with Gasteiger partial charge in [0.25, 0.3) is 0 Å². The molecule has 1 amide bonds. The maximum atomic E-state index is 11.4. The van der Waals surface area contributed by atoms with Gasteiger partial charge in [-0.25, -0.2) is 4.79 Å². The molecule has 1 aromatic carbocycles. The lowest BCUT2D eigenvalue weighted by molar-refractivity contribution is 0.0528. The van der Waals surface area contributed by atoms with Crippen LogP contribution in [0.4, 0.5) is 4.79 Å². The fourth-order valence-electron chi connectivity index (χ4n) is 1.49. The second-order valence-electron chi connectivity index (χ2n) is 5.38. The lowest BCUT2D eigenvalue weighted by Gasteiger charge is -2.19. The number of hydrogen-bond donors (Lipinski definition) is 3. The maximum absolute atomic E-state index is 11.4. The number of phenolic OH excluding ortho intramolecular Hbond substituents is 1. The Bertz CT molecular complexity index is 458. The van der Waals surface area contributed by atoms with Crippen molar-refractivity contribution in [3.8, 4) is 5.75 Å². The molecule has 3 N–H and O–H groups in total. The summed E-state index contributed by atoms with van der Waals surface area (Å²) in [6.07, 6.45) is -0.426. The highest BCUT2D eigenvalue weighted by molar-refractivity contribution is 9.10. The molecule has 0 aliphatic heterocycles. The number of carbonyl (C=O) groups excluding carboxylic acids is 1. The smallest absolute Gasteiger partial charge is 0.407 e. The van der Waals surface area contributed by atoms with Gasteiger partial charge in [-0.05, 0) is 39.0 Å². The van der Waals surface area contributed by atoms with Gasteiger partial charge in [0.05, 0.1) is 0 Å². The number of ether oxygens (including phenoxy) is 1. The van der Waals surface area contributed by atoms with Gasteiger partial charge in [0.2, 0.25) is 0 Å². The van der Waals surface area contributed by atoms with Gasteiger partial charge in [0, 0.05) is 29.7 Å². The minimum absolute atomic E-state index is 0.251. The molecule has 0 aliphatic carbocycles. The molecular formula is C14H21BrN2O3. The van der Waals surface area contributed by atoms with Gasteiger partial charge in [0.15, 0.2) is 0 Å². The van der Waals surface area contributed by atoms with Crippen molar-refractivity contribution in [3.05, 3.63) is 28.2 Å². The Hall–Kier alpha value is -1.27. The number of amides is 1. The number of phenols is 1. The Balaban J connectivity index is 2.22. The van der Waals surface area contributed by atoms with Gasteiger partial charge in [-0.1, -0.05) is 15.9 Å². The van der Waals surface area contributed by atoms with E-state index in [1.54, 1.807) is 12.1 Å². The van der Waals surface area contributed by atoms with Crippen LogP contribution < -0.4 is 10.6 Å². The lowest BCUT2D eigenvalue weighted by Crippen LogP contribution is -2.36. The van der Waals surface area contributed by atoms with Crippen molar-refractivity contribution < 1.29 is 14.6 Å². The van der Waals surface area contributed by atoms with Crippen molar-refractivity contribution in [2.45, 2.75) is 32.9 Å². The molecule has 0 unspecified atom stereocenters. The Labute approximate surface area is 127 Å². The van der Waals surface area contributed by atoms with Crippen LogP contribution in [-0.4, -0.2) is 29.9 Å². The summed E-state index contributed by atoms with van der Waals surface area (Å²) in [7, 11) is 0. The molecule has 6 heteroatoms. The van der Waals surface area contributed by atoms with Crippen molar-refractivity contribution in [2.24, 2.45) is 0 Å². The van der Waals surface area contributed by atoms with E-state index < -0.39 is 11.7 Å². The number of benzene rings is 1. The summed E-state index contributed by atoms with van der Waals surface area (Å²) in [5, 5.41) is 15.4. The molecule has 0 heterocycles. The number of hydrogen-bond acceptors (Lipinski definition) is 4. The van der Waals surface area contributed by atoms with E-state index in [0.29, 0.717) is 19.6 Å². The Kier molecular flexibility index (Phi) is 6.29. The zero-order valence-corrected chi connectivity index (χ0v) is 13.6. The first-order valence-electron chi connectivity index (χ1n) is 6.43. The van der Waals surface area contributed by atoms with Crippen LogP contribution in [0.25, 0.3) is 0 Å². The average molecular weight is 345 g/mol. The summed E-state index contributed by atoms with van der Waals surface area (Å²) < 4.78 is 6.03. The molecule has 112 valence electrons. The second kappa shape index (κ2) is 7.50. The molecular weight excluding hydrogens is 324 g/mol. The van der Waals surface area contributed by atoms with Crippen LogP contribution in [0.2, 0.25) is 0 Å². The van der Waals surface area contributed by atoms with Crippen LogP contribution >= 0.6 is 15.9 Å². The first-order valence-corrected chi connectivity index (χ1v) is 7.22. The van der Waals surface area contributed by atoms with Gasteiger partial charge in [-0.3, -0.25) is 0 Å². The van der Waals surface area contributed by atoms with Gasteiger partial charge in [-0.2, -0.15) is 0 Å². The summed E-state index contributed by atoms with van der Waals surface area (Å²) in [6, 6.07) is 5.27. The molecule has 0 saturated heterocycles. The van der Waals surface area contributed by atoms with E-state index in [4.69, 9.17) is 4.74 Å². The highest BCUT2D eigenvalue weighted by atomic mass is 79.9. The summed E-state index contributed by atoms with van der Waals surface area (Å²) in [5.41, 5.74) is 0.316. The number of carbonyl (C=O) groups is 1. The Morgan fingerprint density at radius 2 is 2.05 bits per heavy atom. The minimum atomic E-state index is -0.486. The number of aromatic hydroxyl groups is 1. The van der Waals surface area contributed by atoms with Crippen molar-refractivity contribution in [1.29, 1.82) is 0 Å². The summed E-state index contributed by atoms with van der Waals surface area (Å²) in [6.45, 7) is 7.04. The first-order chi connectivity index (χ1) is 9.28. The van der Waals surface area contributed by atoms with Gasteiger partial charge in [0.1, 0.15) is 11.4 Å². The predicted octanol–water partition coefficient (Wildman–Crippen LogP) is 2.77. The molecule has 0 aromatic heterocycles. The molecule has 5 nitrogen and oxygen atoms in total. The number of rotatable bonds is 5. The number of alkyl carbamates (subject to hydrolysis) is 1.